The summed E-state index contributed by atoms with van der Waals surface area (Å²) in [4.78, 5) is 2.76. The van der Waals surface area contributed by atoms with E-state index in [-0.39, 0.29) is 0 Å². The van der Waals surface area contributed by atoms with E-state index in [1.54, 1.807) is 0 Å². The van der Waals surface area contributed by atoms with E-state index in [1.165, 1.54) is 51.7 Å². The number of hydrogen-bond acceptors (Lipinski definition) is 2. The van der Waals surface area contributed by atoms with Crippen molar-refractivity contribution in [1.82, 2.24) is 10.2 Å². The van der Waals surface area contributed by atoms with E-state index in [0.717, 1.165) is 12.0 Å². The van der Waals surface area contributed by atoms with Crippen molar-refractivity contribution < 1.29 is 0 Å². The van der Waals surface area contributed by atoms with Crippen molar-refractivity contribution in [2.75, 3.05) is 19.6 Å². The van der Waals surface area contributed by atoms with Crippen LogP contribution in [0.3, 0.4) is 0 Å². The predicted octanol–water partition coefficient (Wildman–Crippen LogP) is 2.25. The monoisotopic (exact) mass is 210 g/mol. The largest absolute Gasteiger partial charge is 0.312 e. The number of rotatable bonds is 2. The molecule has 2 heteroatoms. The van der Waals surface area contributed by atoms with Crippen molar-refractivity contribution in [3.8, 4) is 0 Å². The molecule has 2 rings (SSSR count). The first kappa shape index (κ1) is 11.4. The highest BCUT2D eigenvalue weighted by atomic mass is 15.2. The fourth-order valence-corrected chi connectivity index (χ4v) is 3.41. The third kappa shape index (κ3) is 2.73. The molecular weight excluding hydrogens is 184 g/mol. The Morgan fingerprint density at radius 1 is 1.27 bits per heavy atom. The van der Waals surface area contributed by atoms with Gasteiger partial charge in [-0.05, 0) is 25.7 Å². The summed E-state index contributed by atoms with van der Waals surface area (Å²) in [6, 6.07) is 1.59. The maximum atomic E-state index is 3.54. The van der Waals surface area contributed by atoms with Gasteiger partial charge in [0.05, 0.1) is 0 Å². The molecule has 1 saturated carbocycles. The van der Waals surface area contributed by atoms with E-state index < -0.39 is 0 Å². The van der Waals surface area contributed by atoms with E-state index in [9.17, 15) is 0 Å². The molecule has 3 atom stereocenters. The van der Waals surface area contributed by atoms with E-state index in [0.29, 0.717) is 6.04 Å². The van der Waals surface area contributed by atoms with Gasteiger partial charge in [0, 0.05) is 31.7 Å². The van der Waals surface area contributed by atoms with Crippen LogP contribution < -0.4 is 5.32 Å². The number of piperazine rings is 1. The first-order valence-electron chi connectivity index (χ1n) is 6.78. The lowest BCUT2D eigenvalue weighted by atomic mass is 9.81. The smallest absolute Gasteiger partial charge is 0.0167 e. The molecule has 0 amide bonds. The van der Waals surface area contributed by atoms with Crippen LogP contribution in [0.25, 0.3) is 0 Å². The topological polar surface area (TPSA) is 15.3 Å². The van der Waals surface area contributed by atoms with Gasteiger partial charge in [-0.15, -0.1) is 0 Å². The van der Waals surface area contributed by atoms with Crippen molar-refractivity contribution in [2.45, 2.75) is 58.0 Å². The van der Waals surface area contributed by atoms with E-state index in [4.69, 9.17) is 0 Å². The lowest BCUT2D eigenvalue weighted by molar-refractivity contribution is 0.0755. The molecule has 0 radical (unpaired) electrons. The Hall–Kier alpha value is -0.0800. The van der Waals surface area contributed by atoms with Gasteiger partial charge in [-0.25, -0.2) is 0 Å². The first-order valence-corrected chi connectivity index (χ1v) is 6.78. The van der Waals surface area contributed by atoms with Crippen LogP contribution in [0, 0.1) is 5.92 Å². The van der Waals surface area contributed by atoms with Gasteiger partial charge in [0.1, 0.15) is 0 Å². The molecule has 0 spiro atoms. The normalized spacial score (nSPS) is 39.2. The van der Waals surface area contributed by atoms with Crippen LogP contribution in [0.15, 0.2) is 0 Å². The van der Waals surface area contributed by atoms with Crippen molar-refractivity contribution >= 4 is 0 Å². The molecule has 1 heterocycles. The van der Waals surface area contributed by atoms with Crippen molar-refractivity contribution in [3.05, 3.63) is 0 Å². The minimum atomic E-state index is 0.693. The van der Waals surface area contributed by atoms with Gasteiger partial charge in [-0.1, -0.05) is 26.2 Å². The Morgan fingerprint density at radius 3 is 2.80 bits per heavy atom. The summed E-state index contributed by atoms with van der Waals surface area (Å²) >= 11 is 0. The second-order valence-corrected chi connectivity index (χ2v) is 5.37. The van der Waals surface area contributed by atoms with Crippen LogP contribution in [0.5, 0.6) is 0 Å². The maximum absolute atomic E-state index is 3.54. The Bertz CT molecular complexity index is 193. The second kappa shape index (κ2) is 5.31. The standard InChI is InChI=1S/C13H26N2/c1-3-12-6-4-5-7-13(12)15-9-8-14-11(2)10-15/h11-14H,3-10H2,1-2H3. The Labute approximate surface area is 94.4 Å². The number of nitrogens with zero attached hydrogens (tertiary/aromatic N) is 1. The lowest BCUT2D eigenvalue weighted by Crippen LogP contribution is -2.55. The molecule has 1 N–H and O–H groups in total. The van der Waals surface area contributed by atoms with Gasteiger partial charge < -0.3 is 5.32 Å². The van der Waals surface area contributed by atoms with E-state index in [2.05, 4.69) is 24.1 Å². The highest BCUT2D eigenvalue weighted by Gasteiger charge is 2.30. The molecule has 2 fully saturated rings. The molecule has 15 heavy (non-hydrogen) atoms. The maximum Gasteiger partial charge on any atom is 0.0167 e. The molecule has 2 aliphatic rings. The van der Waals surface area contributed by atoms with Gasteiger partial charge >= 0.3 is 0 Å². The Morgan fingerprint density at radius 2 is 2.07 bits per heavy atom. The minimum Gasteiger partial charge on any atom is -0.312 e. The van der Waals surface area contributed by atoms with Crippen molar-refractivity contribution in [2.24, 2.45) is 5.92 Å². The highest BCUT2D eigenvalue weighted by molar-refractivity contribution is 4.87. The molecule has 0 bridgehead atoms. The Balaban J connectivity index is 1.94. The SMILES string of the molecule is CCC1CCCCC1N1CCNC(C)C1. The highest BCUT2D eigenvalue weighted by Crippen LogP contribution is 2.31. The quantitative estimate of drug-likeness (QED) is 0.752. The van der Waals surface area contributed by atoms with E-state index >= 15 is 0 Å². The summed E-state index contributed by atoms with van der Waals surface area (Å²) in [5.74, 6) is 0.976. The fraction of sp³-hybridized carbons (Fsp3) is 1.00. The zero-order chi connectivity index (χ0) is 10.7. The predicted molar refractivity (Wildman–Crippen MR) is 65.1 cm³/mol. The molecule has 0 aromatic carbocycles. The van der Waals surface area contributed by atoms with Gasteiger partial charge in [0.15, 0.2) is 0 Å². The number of hydrogen-bond donors (Lipinski definition) is 1. The van der Waals surface area contributed by atoms with Crippen LogP contribution in [-0.2, 0) is 0 Å². The minimum absolute atomic E-state index is 0.693. The summed E-state index contributed by atoms with van der Waals surface area (Å²) in [6.45, 7) is 8.41. The molecule has 1 aliphatic carbocycles. The average molecular weight is 210 g/mol. The molecule has 2 nitrogen and oxygen atoms in total. The summed E-state index contributed by atoms with van der Waals surface area (Å²) in [7, 11) is 0. The summed E-state index contributed by atoms with van der Waals surface area (Å²) < 4.78 is 0. The van der Waals surface area contributed by atoms with Crippen LogP contribution in [0.4, 0.5) is 0 Å². The fourth-order valence-electron chi connectivity index (χ4n) is 3.41. The molecular formula is C13H26N2. The molecule has 88 valence electrons. The van der Waals surface area contributed by atoms with Gasteiger partial charge in [0.25, 0.3) is 0 Å². The number of nitrogens with one attached hydrogen (secondary N) is 1. The molecule has 1 saturated heterocycles. The van der Waals surface area contributed by atoms with Crippen molar-refractivity contribution in [1.29, 1.82) is 0 Å². The lowest BCUT2D eigenvalue weighted by Gasteiger charge is -2.43. The molecule has 1 aliphatic heterocycles. The van der Waals surface area contributed by atoms with Crippen LogP contribution in [0.1, 0.15) is 46.0 Å². The van der Waals surface area contributed by atoms with Gasteiger partial charge in [-0.2, -0.15) is 0 Å². The molecule has 0 aromatic heterocycles. The Kier molecular flexibility index (Phi) is 4.04. The van der Waals surface area contributed by atoms with Crippen LogP contribution >= 0.6 is 0 Å². The first-order chi connectivity index (χ1) is 7.31. The van der Waals surface area contributed by atoms with Crippen LogP contribution in [-0.4, -0.2) is 36.6 Å². The van der Waals surface area contributed by atoms with Gasteiger partial charge in [0.2, 0.25) is 0 Å². The third-order valence-corrected chi connectivity index (χ3v) is 4.26. The van der Waals surface area contributed by atoms with Crippen molar-refractivity contribution in [3.63, 3.8) is 0 Å². The van der Waals surface area contributed by atoms with Gasteiger partial charge in [-0.3, -0.25) is 4.90 Å². The zero-order valence-electron chi connectivity index (χ0n) is 10.3. The zero-order valence-corrected chi connectivity index (χ0v) is 10.3. The summed E-state index contributed by atoms with van der Waals surface area (Å²) in [5, 5.41) is 3.54. The molecule has 3 unspecified atom stereocenters. The second-order valence-electron chi connectivity index (χ2n) is 5.37. The van der Waals surface area contributed by atoms with Crippen LogP contribution in [0.2, 0.25) is 0 Å². The summed E-state index contributed by atoms with van der Waals surface area (Å²) in [5.41, 5.74) is 0. The third-order valence-electron chi connectivity index (χ3n) is 4.26. The average Bonchev–Trinajstić information content (AvgIpc) is 2.29. The molecule has 0 aromatic rings. The summed E-state index contributed by atoms with van der Waals surface area (Å²) in [6.07, 6.45) is 7.23. The van der Waals surface area contributed by atoms with E-state index in [1.807, 2.05) is 0 Å².